The molecule has 4 aromatic rings. The number of hydrogen-bond acceptors (Lipinski definition) is 5. The first kappa shape index (κ1) is 26.7. The molecule has 1 amide bonds. The lowest BCUT2D eigenvalue weighted by Crippen LogP contribution is -2.55. The molecule has 3 heterocycles. The predicted molar refractivity (Wildman–Crippen MR) is 157 cm³/mol. The number of allylic oxidation sites excluding steroid dienone is 1. The van der Waals surface area contributed by atoms with Gasteiger partial charge >= 0.3 is 0 Å². The average molecular weight is 533 g/mol. The first-order valence-electron chi connectivity index (χ1n) is 13.3. The van der Waals surface area contributed by atoms with E-state index < -0.39 is 0 Å². The van der Waals surface area contributed by atoms with E-state index in [1.807, 2.05) is 66.7 Å². The molecule has 1 atom stereocenters. The highest BCUT2D eigenvalue weighted by Crippen LogP contribution is 2.33. The number of carbonyl (C=O) groups excluding carboxylic acids is 1. The van der Waals surface area contributed by atoms with Crippen LogP contribution in [0.15, 0.2) is 121 Å². The molecule has 2 aromatic carbocycles. The van der Waals surface area contributed by atoms with E-state index >= 15 is 0 Å². The third-order valence-corrected chi connectivity index (χ3v) is 6.93. The summed E-state index contributed by atoms with van der Waals surface area (Å²) in [4.78, 5) is 33.4. The Hall–Kier alpha value is -4.91. The van der Waals surface area contributed by atoms with E-state index in [4.69, 9.17) is 9.72 Å². The first-order chi connectivity index (χ1) is 19.6. The van der Waals surface area contributed by atoms with Crippen molar-refractivity contribution in [3.63, 3.8) is 0 Å². The quantitative estimate of drug-likeness (QED) is 0.246. The third-order valence-electron chi connectivity index (χ3n) is 6.93. The van der Waals surface area contributed by atoms with E-state index in [0.717, 1.165) is 35.2 Å². The number of amides is 1. The second-order valence-electron chi connectivity index (χ2n) is 9.56. The zero-order valence-corrected chi connectivity index (χ0v) is 22.4. The van der Waals surface area contributed by atoms with Crippen LogP contribution in [-0.4, -0.2) is 33.7 Å². The van der Waals surface area contributed by atoms with Gasteiger partial charge in [-0.1, -0.05) is 72.8 Å². The van der Waals surface area contributed by atoms with E-state index in [2.05, 4.69) is 30.3 Å². The number of hydrogen-bond donors (Lipinski definition) is 0. The van der Waals surface area contributed by atoms with Crippen molar-refractivity contribution in [3.8, 4) is 5.75 Å². The molecule has 0 saturated heterocycles. The van der Waals surface area contributed by atoms with Gasteiger partial charge in [0.05, 0.1) is 5.69 Å². The van der Waals surface area contributed by atoms with E-state index in [1.54, 1.807) is 28.0 Å². The summed E-state index contributed by atoms with van der Waals surface area (Å²) >= 11 is 0. The summed E-state index contributed by atoms with van der Waals surface area (Å²) in [6, 6.07) is 24.8. The zero-order chi connectivity index (χ0) is 27.9. The number of pyridine rings is 2. The summed E-state index contributed by atoms with van der Waals surface area (Å²) < 4.78 is 7.83. The van der Waals surface area contributed by atoms with Gasteiger partial charge in [-0.05, 0) is 41.7 Å². The molecule has 40 heavy (non-hydrogen) atoms. The molecule has 5 rings (SSSR count). The van der Waals surface area contributed by atoms with Crippen molar-refractivity contribution in [1.82, 2.24) is 14.6 Å². The standard InChI is InChI=1S/C33H32N4O3/c1-3-5-15-26-16-9-10-17-27(26)30(28-18-11-12-20-34-28)37-24-35(21-4-2)33(39)31-32(29(38)19-22-36(31)37)40-23-25-13-7-6-8-14-25/h3-4,6-14,16-20,22,30H,1-2,5,15,21,23-24H2. The summed E-state index contributed by atoms with van der Waals surface area (Å²) in [6.07, 6.45) is 8.66. The van der Waals surface area contributed by atoms with Gasteiger partial charge < -0.3 is 9.64 Å². The van der Waals surface area contributed by atoms with Crippen molar-refractivity contribution in [2.24, 2.45) is 0 Å². The molecule has 0 radical (unpaired) electrons. The Bertz CT molecular complexity index is 1550. The van der Waals surface area contributed by atoms with Crippen LogP contribution in [0.2, 0.25) is 0 Å². The molecule has 0 N–H and O–H groups in total. The summed E-state index contributed by atoms with van der Waals surface area (Å²) in [5.41, 5.74) is 3.77. The van der Waals surface area contributed by atoms with Crippen LogP contribution >= 0.6 is 0 Å². The number of carbonyl (C=O) groups is 1. The molecule has 0 fully saturated rings. The van der Waals surface area contributed by atoms with Gasteiger partial charge in [0.15, 0.2) is 11.4 Å². The third kappa shape index (κ3) is 5.45. The van der Waals surface area contributed by atoms with Gasteiger partial charge in [-0.3, -0.25) is 24.3 Å². The van der Waals surface area contributed by atoms with Gasteiger partial charge in [-0.15, -0.1) is 13.2 Å². The molecule has 2 aromatic heterocycles. The zero-order valence-electron chi connectivity index (χ0n) is 22.4. The number of aryl methyl sites for hydroxylation is 1. The van der Waals surface area contributed by atoms with E-state index in [1.165, 1.54) is 6.07 Å². The number of ether oxygens (including phenoxy) is 1. The predicted octanol–water partition coefficient (Wildman–Crippen LogP) is 5.27. The van der Waals surface area contributed by atoms with Crippen LogP contribution in [0.5, 0.6) is 5.75 Å². The smallest absolute Gasteiger partial charge is 0.278 e. The maximum absolute atomic E-state index is 13.8. The minimum atomic E-state index is -0.356. The first-order valence-corrected chi connectivity index (χ1v) is 13.3. The van der Waals surface area contributed by atoms with Gasteiger partial charge in [0, 0.05) is 25.0 Å². The number of fused-ring (bicyclic) bond motifs is 1. The largest absolute Gasteiger partial charge is 0.482 e. The van der Waals surface area contributed by atoms with Crippen molar-refractivity contribution in [2.75, 3.05) is 18.2 Å². The van der Waals surface area contributed by atoms with Gasteiger partial charge in [0.25, 0.3) is 5.91 Å². The summed E-state index contributed by atoms with van der Waals surface area (Å²) in [7, 11) is 0. The Morgan fingerprint density at radius 2 is 1.70 bits per heavy atom. The van der Waals surface area contributed by atoms with Crippen LogP contribution in [0.25, 0.3) is 0 Å². The SMILES string of the molecule is C=CCCc1ccccc1C(c1ccccn1)N1CN(CC=C)C(=O)c2c(OCc3ccccc3)c(=O)ccn21. The Kier molecular flexibility index (Phi) is 8.21. The van der Waals surface area contributed by atoms with Crippen molar-refractivity contribution in [2.45, 2.75) is 25.5 Å². The average Bonchev–Trinajstić information content (AvgIpc) is 2.99. The molecular weight excluding hydrogens is 500 g/mol. The van der Waals surface area contributed by atoms with Gasteiger partial charge in [0.2, 0.25) is 5.43 Å². The topological polar surface area (TPSA) is 67.7 Å². The highest BCUT2D eigenvalue weighted by molar-refractivity contribution is 5.96. The fourth-order valence-corrected chi connectivity index (χ4v) is 5.04. The normalized spacial score (nSPS) is 13.4. The van der Waals surface area contributed by atoms with Crippen LogP contribution in [-0.2, 0) is 13.0 Å². The van der Waals surface area contributed by atoms with Crippen molar-refractivity contribution in [1.29, 1.82) is 0 Å². The highest BCUT2D eigenvalue weighted by Gasteiger charge is 2.37. The molecule has 1 aliphatic rings. The lowest BCUT2D eigenvalue weighted by molar-refractivity contribution is 0.0697. The van der Waals surface area contributed by atoms with E-state index in [0.29, 0.717) is 6.54 Å². The number of aromatic nitrogens is 2. The second-order valence-corrected chi connectivity index (χ2v) is 9.56. The van der Waals surface area contributed by atoms with Crippen LogP contribution in [0.4, 0.5) is 0 Å². The van der Waals surface area contributed by atoms with Crippen LogP contribution in [0, 0.1) is 0 Å². The lowest BCUT2D eigenvalue weighted by atomic mass is 9.94. The molecule has 1 unspecified atom stereocenters. The van der Waals surface area contributed by atoms with Crippen molar-refractivity contribution < 1.29 is 9.53 Å². The maximum Gasteiger partial charge on any atom is 0.278 e. The summed E-state index contributed by atoms with van der Waals surface area (Å²) in [6.45, 7) is 8.49. The minimum absolute atomic E-state index is 0.0230. The van der Waals surface area contributed by atoms with Gasteiger partial charge in [0.1, 0.15) is 19.3 Å². The van der Waals surface area contributed by atoms with E-state index in [-0.39, 0.29) is 42.1 Å². The molecule has 0 spiro atoms. The molecule has 202 valence electrons. The Labute approximate surface area is 234 Å². The number of rotatable bonds is 11. The van der Waals surface area contributed by atoms with E-state index in [9.17, 15) is 9.59 Å². The van der Waals surface area contributed by atoms with Crippen LogP contribution < -0.4 is 15.2 Å². The maximum atomic E-state index is 13.8. The summed E-state index contributed by atoms with van der Waals surface area (Å²) in [5, 5.41) is 2.06. The van der Waals surface area contributed by atoms with Crippen LogP contribution in [0.3, 0.4) is 0 Å². The Balaban J connectivity index is 1.68. The fraction of sp³-hybridized carbons (Fsp3) is 0.182. The lowest BCUT2D eigenvalue weighted by Gasteiger charge is -2.44. The van der Waals surface area contributed by atoms with Crippen LogP contribution in [0.1, 0.15) is 45.3 Å². The molecule has 1 aliphatic heterocycles. The molecule has 0 bridgehead atoms. The Morgan fingerprint density at radius 1 is 0.925 bits per heavy atom. The molecular formula is C33H32N4O3. The second kappa shape index (κ2) is 12.3. The highest BCUT2D eigenvalue weighted by atomic mass is 16.5. The molecule has 7 nitrogen and oxygen atoms in total. The minimum Gasteiger partial charge on any atom is -0.482 e. The fourth-order valence-electron chi connectivity index (χ4n) is 5.04. The number of benzene rings is 2. The molecule has 0 aliphatic carbocycles. The van der Waals surface area contributed by atoms with Crippen molar-refractivity contribution >= 4 is 5.91 Å². The summed E-state index contributed by atoms with van der Waals surface area (Å²) in [5.74, 6) is -0.272. The molecule has 7 heteroatoms. The Morgan fingerprint density at radius 3 is 2.45 bits per heavy atom. The number of nitrogens with zero attached hydrogens (tertiary/aromatic N) is 4. The van der Waals surface area contributed by atoms with Crippen molar-refractivity contribution in [3.05, 3.63) is 155 Å². The molecule has 0 saturated carbocycles. The van der Waals surface area contributed by atoms with Gasteiger partial charge in [-0.25, -0.2) is 0 Å². The monoisotopic (exact) mass is 532 g/mol. The van der Waals surface area contributed by atoms with Gasteiger partial charge in [-0.2, -0.15) is 0 Å².